The van der Waals surface area contributed by atoms with Gasteiger partial charge in [-0.25, -0.2) is 4.79 Å². The Morgan fingerprint density at radius 1 is 1.04 bits per heavy atom. The fourth-order valence-electron chi connectivity index (χ4n) is 3.14. The van der Waals surface area contributed by atoms with Crippen molar-refractivity contribution in [3.63, 3.8) is 0 Å². The van der Waals surface area contributed by atoms with Crippen molar-refractivity contribution in [3.8, 4) is 0 Å². The minimum Gasteiger partial charge on any atom is -0.445 e. The molecule has 0 aliphatic heterocycles. The van der Waals surface area contributed by atoms with Crippen LogP contribution in [0.4, 0.5) is 4.79 Å². The van der Waals surface area contributed by atoms with E-state index >= 15 is 0 Å². The van der Waals surface area contributed by atoms with Gasteiger partial charge in [0.25, 0.3) is 0 Å². The molecular formula is C21H26N2O2. The molecule has 1 aliphatic carbocycles. The second kappa shape index (κ2) is 8.67. The molecule has 1 aliphatic rings. The van der Waals surface area contributed by atoms with Crippen LogP contribution in [-0.4, -0.2) is 24.7 Å². The Hall–Kier alpha value is -2.33. The molecule has 0 bridgehead atoms. The van der Waals surface area contributed by atoms with Crippen molar-refractivity contribution in [2.24, 2.45) is 0 Å². The van der Waals surface area contributed by atoms with Gasteiger partial charge in [0.2, 0.25) is 0 Å². The zero-order chi connectivity index (χ0) is 17.5. The standard InChI is InChI=1S/C21H26N2O2/c1-16-7-5-6-10-18(16)11-12-22-19-13-20(14-19)23-21(24)25-15-17-8-3-2-4-9-17/h2-10,19-20,22H,11-15H2,1H3,(H,23,24). The molecule has 0 radical (unpaired) electrons. The Bertz CT molecular complexity index is 681. The van der Waals surface area contributed by atoms with Crippen molar-refractivity contribution in [3.05, 3.63) is 71.3 Å². The van der Waals surface area contributed by atoms with Crippen molar-refractivity contribution in [2.75, 3.05) is 6.54 Å². The van der Waals surface area contributed by atoms with Gasteiger partial charge < -0.3 is 15.4 Å². The van der Waals surface area contributed by atoms with Crippen LogP contribution in [0.25, 0.3) is 0 Å². The van der Waals surface area contributed by atoms with Gasteiger partial charge in [-0.3, -0.25) is 0 Å². The van der Waals surface area contributed by atoms with E-state index in [4.69, 9.17) is 4.74 Å². The van der Waals surface area contributed by atoms with Gasteiger partial charge in [0.1, 0.15) is 6.61 Å². The predicted octanol–water partition coefficient (Wildman–Crippen LogP) is 3.58. The van der Waals surface area contributed by atoms with Crippen molar-refractivity contribution < 1.29 is 9.53 Å². The minimum absolute atomic E-state index is 0.222. The van der Waals surface area contributed by atoms with Gasteiger partial charge in [0.15, 0.2) is 0 Å². The van der Waals surface area contributed by atoms with E-state index in [1.54, 1.807) is 0 Å². The molecule has 25 heavy (non-hydrogen) atoms. The molecular weight excluding hydrogens is 312 g/mol. The summed E-state index contributed by atoms with van der Waals surface area (Å²) in [5, 5.41) is 6.50. The average molecular weight is 338 g/mol. The van der Waals surface area contributed by atoms with E-state index in [1.165, 1.54) is 11.1 Å². The summed E-state index contributed by atoms with van der Waals surface area (Å²) < 4.78 is 5.25. The minimum atomic E-state index is -0.327. The Kier molecular flexibility index (Phi) is 6.07. The topological polar surface area (TPSA) is 50.4 Å². The summed E-state index contributed by atoms with van der Waals surface area (Å²) in [6.07, 6.45) is 2.65. The summed E-state index contributed by atoms with van der Waals surface area (Å²) >= 11 is 0. The first-order chi connectivity index (χ1) is 12.2. The third-order valence-electron chi connectivity index (χ3n) is 4.76. The number of carbonyl (C=O) groups excluding carboxylic acids is 1. The summed E-state index contributed by atoms with van der Waals surface area (Å²) in [7, 11) is 0. The molecule has 0 heterocycles. The fraction of sp³-hybridized carbons (Fsp3) is 0.381. The number of amides is 1. The monoisotopic (exact) mass is 338 g/mol. The summed E-state index contributed by atoms with van der Waals surface area (Å²) in [5.41, 5.74) is 3.74. The van der Waals surface area contributed by atoms with Crippen molar-refractivity contribution in [1.29, 1.82) is 0 Å². The highest BCUT2D eigenvalue weighted by Crippen LogP contribution is 2.20. The molecule has 2 aromatic carbocycles. The largest absolute Gasteiger partial charge is 0.445 e. The lowest BCUT2D eigenvalue weighted by Crippen LogP contribution is -2.52. The molecule has 0 unspecified atom stereocenters. The first kappa shape index (κ1) is 17.5. The molecule has 4 heteroatoms. The maximum Gasteiger partial charge on any atom is 0.407 e. The molecule has 1 saturated carbocycles. The number of ether oxygens (including phenoxy) is 1. The summed E-state index contributed by atoms with van der Waals surface area (Å²) in [4.78, 5) is 11.8. The molecule has 4 nitrogen and oxygen atoms in total. The third-order valence-corrected chi connectivity index (χ3v) is 4.76. The highest BCUT2D eigenvalue weighted by Gasteiger charge is 2.30. The summed E-state index contributed by atoms with van der Waals surface area (Å²) in [6, 6.07) is 18.9. The summed E-state index contributed by atoms with van der Waals surface area (Å²) in [5.74, 6) is 0. The molecule has 0 saturated heterocycles. The first-order valence-corrected chi connectivity index (χ1v) is 8.96. The van der Waals surface area contributed by atoms with E-state index < -0.39 is 0 Å². The van der Waals surface area contributed by atoms with E-state index in [2.05, 4.69) is 41.8 Å². The molecule has 0 atom stereocenters. The lowest BCUT2D eigenvalue weighted by atomic mass is 9.87. The SMILES string of the molecule is Cc1ccccc1CCNC1CC(NC(=O)OCc2ccccc2)C1. The van der Waals surface area contributed by atoms with E-state index in [0.29, 0.717) is 12.6 Å². The quantitative estimate of drug-likeness (QED) is 0.811. The molecule has 2 N–H and O–H groups in total. The van der Waals surface area contributed by atoms with Crippen LogP contribution in [0.15, 0.2) is 54.6 Å². The van der Waals surface area contributed by atoms with Crippen LogP contribution >= 0.6 is 0 Å². The van der Waals surface area contributed by atoms with E-state index in [0.717, 1.165) is 31.4 Å². The number of aryl methyl sites for hydroxylation is 1. The van der Waals surface area contributed by atoms with Crippen molar-refractivity contribution in [1.82, 2.24) is 10.6 Å². The van der Waals surface area contributed by atoms with E-state index in [-0.39, 0.29) is 12.1 Å². The fourth-order valence-corrected chi connectivity index (χ4v) is 3.14. The molecule has 132 valence electrons. The maximum absolute atomic E-state index is 11.8. The zero-order valence-electron chi connectivity index (χ0n) is 14.7. The van der Waals surface area contributed by atoms with Gasteiger partial charge in [0.05, 0.1) is 0 Å². The van der Waals surface area contributed by atoms with Gasteiger partial charge in [0, 0.05) is 12.1 Å². The molecule has 2 aromatic rings. The van der Waals surface area contributed by atoms with E-state index in [1.807, 2.05) is 30.3 Å². The average Bonchev–Trinajstić information content (AvgIpc) is 2.60. The summed E-state index contributed by atoms with van der Waals surface area (Å²) in [6.45, 7) is 3.44. The lowest BCUT2D eigenvalue weighted by molar-refractivity contribution is 0.125. The number of nitrogens with one attached hydrogen (secondary N) is 2. The van der Waals surface area contributed by atoms with Crippen LogP contribution in [0.3, 0.4) is 0 Å². The lowest BCUT2D eigenvalue weighted by Gasteiger charge is -2.36. The van der Waals surface area contributed by atoms with Gasteiger partial charge in [-0.05, 0) is 49.4 Å². The van der Waals surface area contributed by atoms with E-state index in [9.17, 15) is 4.79 Å². The van der Waals surface area contributed by atoms with Crippen molar-refractivity contribution >= 4 is 6.09 Å². The second-order valence-corrected chi connectivity index (χ2v) is 6.70. The third kappa shape index (κ3) is 5.33. The highest BCUT2D eigenvalue weighted by molar-refractivity contribution is 5.67. The number of hydrogen-bond acceptors (Lipinski definition) is 3. The number of carbonyl (C=O) groups is 1. The Balaban J connectivity index is 1.28. The normalized spacial score (nSPS) is 19.1. The Morgan fingerprint density at radius 2 is 1.76 bits per heavy atom. The number of alkyl carbamates (subject to hydrolysis) is 1. The van der Waals surface area contributed by atoms with Gasteiger partial charge >= 0.3 is 6.09 Å². The number of hydrogen-bond donors (Lipinski definition) is 2. The van der Waals surface area contributed by atoms with Crippen LogP contribution in [0.5, 0.6) is 0 Å². The second-order valence-electron chi connectivity index (χ2n) is 6.70. The Morgan fingerprint density at radius 3 is 2.52 bits per heavy atom. The van der Waals surface area contributed by atoms with Crippen LogP contribution < -0.4 is 10.6 Å². The molecule has 0 spiro atoms. The highest BCUT2D eigenvalue weighted by atomic mass is 16.5. The van der Waals surface area contributed by atoms with Gasteiger partial charge in [-0.1, -0.05) is 54.6 Å². The Labute approximate surface area is 149 Å². The zero-order valence-corrected chi connectivity index (χ0v) is 14.7. The van der Waals surface area contributed by atoms with Gasteiger partial charge in [-0.15, -0.1) is 0 Å². The maximum atomic E-state index is 11.8. The predicted molar refractivity (Wildman–Crippen MR) is 99.5 cm³/mol. The first-order valence-electron chi connectivity index (χ1n) is 8.96. The molecule has 3 rings (SSSR count). The number of benzene rings is 2. The van der Waals surface area contributed by atoms with Crippen LogP contribution in [0.2, 0.25) is 0 Å². The van der Waals surface area contributed by atoms with Crippen molar-refractivity contribution in [2.45, 2.75) is 44.9 Å². The van der Waals surface area contributed by atoms with Crippen LogP contribution in [0.1, 0.15) is 29.5 Å². The number of rotatable bonds is 7. The van der Waals surface area contributed by atoms with Crippen LogP contribution in [0, 0.1) is 6.92 Å². The van der Waals surface area contributed by atoms with Crippen LogP contribution in [-0.2, 0) is 17.8 Å². The molecule has 0 aromatic heterocycles. The smallest absolute Gasteiger partial charge is 0.407 e. The molecule has 1 amide bonds. The molecule has 1 fully saturated rings. The van der Waals surface area contributed by atoms with Gasteiger partial charge in [-0.2, -0.15) is 0 Å².